The van der Waals surface area contributed by atoms with Crippen LogP contribution in [0.4, 0.5) is 0 Å². The molecular weight excluding hydrogens is 286 g/mol. The predicted molar refractivity (Wildman–Crippen MR) is 86.7 cm³/mol. The van der Waals surface area contributed by atoms with Gasteiger partial charge in [0.2, 0.25) is 5.91 Å². The third kappa shape index (κ3) is 3.76. The number of carbonyl (C=O) groups excluding carboxylic acids is 1. The van der Waals surface area contributed by atoms with Gasteiger partial charge in [-0.15, -0.1) is 11.6 Å². The number of aryl methyl sites for hydroxylation is 2. The maximum Gasteiger partial charge on any atom is 0.240 e. The van der Waals surface area contributed by atoms with Crippen LogP contribution in [0.15, 0.2) is 18.2 Å². The Morgan fingerprint density at radius 2 is 2.19 bits per heavy atom. The van der Waals surface area contributed by atoms with Gasteiger partial charge in [-0.2, -0.15) is 0 Å². The highest BCUT2D eigenvalue weighted by Gasteiger charge is 2.14. The van der Waals surface area contributed by atoms with Crippen LogP contribution in [0.5, 0.6) is 0 Å². The van der Waals surface area contributed by atoms with E-state index >= 15 is 0 Å². The summed E-state index contributed by atoms with van der Waals surface area (Å²) in [7, 11) is 0. The first-order valence-corrected chi connectivity index (χ1v) is 7.83. The highest BCUT2D eigenvalue weighted by atomic mass is 35.5. The highest BCUT2D eigenvalue weighted by Crippen LogP contribution is 2.20. The number of hydrogen-bond donors (Lipinski definition) is 1. The van der Waals surface area contributed by atoms with Gasteiger partial charge < -0.3 is 9.88 Å². The van der Waals surface area contributed by atoms with Gasteiger partial charge in [-0.1, -0.05) is 26.0 Å². The molecule has 0 unspecified atom stereocenters. The summed E-state index contributed by atoms with van der Waals surface area (Å²) in [5.41, 5.74) is 3.07. The molecule has 1 aromatic carbocycles. The summed E-state index contributed by atoms with van der Waals surface area (Å²) in [5.74, 6) is 1.82. The number of hydrogen-bond acceptors (Lipinski definition) is 2. The molecule has 0 radical (unpaired) electrons. The molecule has 0 fully saturated rings. The summed E-state index contributed by atoms with van der Waals surface area (Å²) in [6.07, 6.45) is 0.660. The first-order valence-electron chi connectivity index (χ1n) is 7.30. The molecule has 0 spiro atoms. The van der Waals surface area contributed by atoms with Gasteiger partial charge in [-0.05, 0) is 24.5 Å². The van der Waals surface area contributed by atoms with Crippen LogP contribution in [-0.2, 0) is 17.8 Å². The number of benzene rings is 1. The van der Waals surface area contributed by atoms with E-state index in [1.165, 1.54) is 0 Å². The largest absolute Gasteiger partial charge is 0.354 e. The van der Waals surface area contributed by atoms with E-state index < -0.39 is 0 Å². The maximum atomic E-state index is 12.1. The molecule has 5 heteroatoms. The Morgan fingerprint density at radius 1 is 1.43 bits per heavy atom. The van der Waals surface area contributed by atoms with Crippen LogP contribution < -0.4 is 5.32 Å². The second-order valence-electron chi connectivity index (χ2n) is 5.69. The van der Waals surface area contributed by atoms with Crippen molar-refractivity contribution < 1.29 is 4.79 Å². The molecule has 0 aliphatic heterocycles. The van der Waals surface area contributed by atoms with E-state index in [2.05, 4.69) is 24.1 Å². The van der Waals surface area contributed by atoms with Gasteiger partial charge in [0.15, 0.2) is 0 Å². The zero-order valence-electron chi connectivity index (χ0n) is 12.8. The first kappa shape index (κ1) is 15.8. The van der Waals surface area contributed by atoms with Gasteiger partial charge in [0.25, 0.3) is 0 Å². The molecule has 1 aromatic heterocycles. The molecule has 1 amide bonds. The monoisotopic (exact) mass is 307 g/mol. The lowest BCUT2D eigenvalue weighted by Gasteiger charge is -2.11. The van der Waals surface area contributed by atoms with Gasteiger partial charge in [0.1, 0.15) is 12.4 Å². The molecule has 0 saturated carbocycles. The third-order valence-electron chi connectivity index (χ3n) is 3.37. The van der Waals surface area contributed by atoms with Crippen molar-refractivity contribution in [3.05, 3.63) is 29.6 Å². The number of alkyl halides is 1. The molecular formula is C16H22ClN3O. The Morgan fingerprint density at radius 3 is 2.86 bits per heavy atom. The molecule has 2 aromatic rings. The molecule has 0 aliphatic rings. The van der Waals surface area contributed by atoms with Crippen molar-refractivity contribution in [3.63, 3.8) is 0 Å². The number of carbonyl (C=O) groups is 1. The standard InChI is InChI=1S/C16H22ClN3O/c1-11(2)9-18-15(21)10-20-14(7-8-17)19-13-6-4-5-12(3)16(13)20/h4-6,11H,7-10H2,1-3H3,(H,18,21). The van der Waals surface area contributed by atoms with Crippen molar-refractivity contribution in [3.8, 4) is 0 Å². The molecule has 4 nitrogen and oxygen atoms in total. The van der Waals surface area contributed by atoms with E-state index in [0.29, 0.717) is 31.3 Å². The minimum absolute atomic E-state index is 0.0158. The van der Waals surface area contributed by atoms with E-state index in [1.807, 2.05) is 29.7 Å². The molecule has 0 atom stereocenters. The quantitative estimate of drug-likeness (QED) is 0.834. The third-order valence-corrected chi connectivity index (χ3v) is 3.56. The van der Waals surface area contributed by atoms with Gasteiger partial charge in [0, 0.05) is 18.8 Å². The number of amides is 1. The number of fused-ring (bicyclic) bond motifs is 1. The van der Waals surface area contributed by atoms with Crippen LogP contribution >= 0.6 is 11.6 Å². The lowest BCUT2D eigenvalue weighted by Crippen LogP contribution is -2.31. The highest BCUT2D eigenvalue weighted by molar-refractivity contribution is 6.17. The summed E-state index contributed by atoms with van der Waals surface area (Å²) in [6, 6.07) is 6.00. The SMILES string of the molecule is Cc1cccc2nc(CCCl)n(CC(=O)NCC(C)C)c12. The second-order valence-corrected chi connectivity index (χ2v) is 6.07. The number of nitrogens with one attached hydrogen (secondary N) is 1. The minimum atomic E-state index is 0.0158. The maximum absolute atomic E-state index is 12.1. The van der Waals surface area contributed by atoms with Crippen molar-refractivity contribution in [2.75, 3.05) is 12.4 Å². The smallest absolute Gasteiger partial charge is 0.240 e. The fourth-order valence-corrected chi connectivity index (χ4v) is 2.55. The van der Waals surface area contributed by atoms with E-state index in [4.69, 9.17) is 11.6 Å². The second kappa shape index (κ2) is 6.94. The lowest BCUT2D eigenvalue weighted by atomic mass is 10.2. The summed E-state index contributed by atoms with van der Waals surface area (Å²) in [4.78, 5) is 16.7. The average Bonchev–Trinajstić information content (AvgIpc) is 2.76. The molecule has 2 rings (SSSR count). The van der Waals surface area contributed by atoms with Crippen LogP contribution in [-0.4, -0.2) is 27.9 Å². The fourth-order valence-electron chi connectivity index (χ4n) is 2.38. The van der Waals surface area contributed by atoms with Crippen molar-refractivity contribution in [2.24, 2.45) is 5.92 Å². The molecule has 0 bridgehead atoms. The predicted octanol–water partition coefficient (Wildman–Crippen LogP) is 2.90. The Kier molecular flexibility index (Phi) is 5.23. The number of rotatable bonds is 6. The number of imidazole rings is 1. The molecule has 21 heavy (non-hydrogen) atoms. The zero-order chi connectivity index (χ0) is 15.4. The van der Waals surface area contributed by atoms with Crippen LogP contribution in [0.3, 0.4) is 0 Å². The summed E-state index contributed by atoms with van der Waals surface area (Å²) >= 11 is 5.86. The molecule has 0 aliphatic carbocycles. The Hall–Kier alpha value is -1.55. The number of aromatic nitrogens is 2. The normalized spacial score (nSPS) is 11.3. The van der Waals surface area contributed by atoms with Crippen LogP contribution in [0.2, 0.25) is 0 Å². The van der Waals surface area contributed by atoms with Gasteiger partial charge >= 0.3 is 0 Å². The molecule has 0 saturated heterocycles. The van der Waals surface area contributed by atoms with Crippen molar-refractivity contribution in [1.29, 1.82) is 0 Å². The lowest BCUT2D eigenvalue weighted by molar-refractivity contribution is -0.121. The van der Waals surface area contributed by atoms with E-state index in [9.17, 15) is 4.79 Å². The van der Waals surface area contributed by atoms with Crippen LogP contribution in [0, 0.1) is 12.8 Å². The number of halogens is 1. The molecule has 1 N–H and O–H groups in total. The molecule has 114 valence electrons. The fraction of sp³-hybridized carbons (Fsp3) is 0.500. The van der Waals surface area contributed by atoms with Gasteiger partial charge in [-0.3, -0.25) is 4.79 Å². The Balaban J connectivity index is 2.31. The van der Waals surface area contributed by atoms with Crippen molar-refractivity contribution in [2.45, 2.75) is 33.7 Å². The number of para-hydroxylation sites is 1. The summed E-state index contributed by atoms with van der Waals surface area (Å²) in [5, 5.41) is 2.95. The summed E-state index contributed by atoms with van der Waals surface area (Å²) < 4.78 is 1.99. The van der Waals surface area contributed by atoms with Crippen LogP contribution in [0.25, 0.3) is 11.0 Å². The van der Waals surface area contributed by atoms with Crippen molar-refractivity contribution >= 4 is 28.5 Å². The Labute approximate surface area is 130 Å². The van der Waals surface area contributed by atoms with Gasteiger partial charge in [0.05, 0.1) is 11.0 Å². The Bertz CT molecular complexity index is 634. The zero-order valence-corrected chi connectivity index (χ0v) is 13.6. The van der Waals surface area contributed by atoms with E-state index in [1.54, 1.807) is 0 Å². The van der Waals surface area contributed by atoms with E-state index in [-0.39, 0.29) is 5.91 Å². The first-order chi connectivity index (χ1) is 10.0. The number of nitrogens with zero attached hydrogens (tertiary/aromatic N) is 2. The topological polar surface area (TPSA) is 46.9 Å². The summed E-state index contributed by atoms with van der Waals surface area (Å²) in [6.45, 7) is 7.18. The average molecular weight is 308 g/mol. The van der Waals surface area contributed by atoms with E-state index in [0.717, 1.165) is 22.4 Å². The minimum Gasteiger partial charge on any atom is -0.354 e. The van der Waals surface area contributed by atoms with Crippen LogP contribution in [0.1, 0.15) is 25.2 Å². The van der Waals surface area contributed by atoms with Crippen molar-refractivity contribution in [1.82, 2.24) is 14.9 Å². The van der Waals surface area contributed by atoms with Gasteiger partial charge in [-0.25, -0.2) is 4.98 Å². The molecule has 1 heterocycles.